The van der Waals surface area contributed by atoms with Crippen LogP contribution in [-0.2, 0) is 17.9 Å². The van der Waals surface area contributed by atoms with Gasteiger partial charge in [-0.05, 0) is 36.8 Å². The van der Waals surface area contributed by atoms with Crippen LogP contribution in [0.3, 0.4) is 0 Å². The molecule has 2 aromatic carbocycles. The van der Waals surface area contributed by atoms with E-state index in [1.54, 1.807) is 7.11 Å². The van der Waals surface area contributed by atoms with Crippen LogP contribution < -0.4 is 10.1 Å². The van der Waals surface area contributed by atoms with Gasteiger partial charge >= 0.3 is 0 Å². The second kappa shape index (κ2) is 9.61. The standard InChI is InChI=1S/C20H21ClN4O2S/c1-3-25-19(15-7-5-8-16(21)11-15)23-24-20(25)28-13-18(26)22-12-14-6-4-9-17(10-14)27-2/h4-11H,3,12-13H2,1-2H3,(H,22,26). The number of methoxy groups -OCH3 is 1. The van der Waals surface area contributed by atoms with Gasteiger partial charge in [0, 0.05) is 23.7 Å². The largest absolute Gasteiger partial charge is 0.497 e. The number of hydrogen-bond acceptors (Lipinski definition) is 5. The molecule has 0 aliphatic carbocycles. The van der Waals surface area contributed by atoms with Gasteiger partial charge in [0.25, 0.3) is 0 Å². The maximum Gasteiger partial charge on any atom is 0.230 e. The number of aromatic nitrogens is 3. The van der Waals surface area contributed by atoms with Crippen LogP contribution >= 0.6 is 23.4 Å². The van der Waals surface area contributed by atoms with E-state index in [1.807, 2.05) is 60.0 Å². The highest BCUT2D eigenvalue weighted by atomic mass is 35.5. The van der Waals surface area contributed by atoms with Crippen LogP contribution in [0.25, 0.3) is 11.4 Å². The molecule has 0 radical (unpaired) electrons. The molecule has 3 rings (SSSR count). The number of hydrogen-bond donors (Lipinski definition) is 1. The maximum absolute atomic E-state index is 12.2. The molecule has 1 N–H and O–H groups in total. The summed E-state index contributed by atoms with van der Waals surface area (Å²) in [4.78, 5) is 12.2. The third-order valence-corrected chi connectivity index (χ3v) is 5.27. The Bertz CT molecular complexity index is 961. The molecule has 1 aromatic heterocycles. The van der Waals surface area contributed by atoms with Gasteiger partial charge in [0.1, 0.15) is 5.75 Å². The molecule has 0 aliphatic heterocycles. The molecule has 0 unspecified atom stereocenters. The first-order chi connectivity index (χ1) is 13.6. The monoisotopic (exact) mass is 416 g/mol. The second-order valence-corrected chi connectivity index (χ2v) is 7.36. The summed E-state index contributed by atoms with van der Waals surface area (Å²) in [5.41, 5.74) is 1.88. The highest BCUT2D eigenvalue weighted by Gasteiger charge is 2.14. The van der Waals surface area contributed by atoms with Crippen LogP contribution in [0.1, 0.15) is 12.5 Å². The molecule has 6 nitrogen and oxygen atoms in total. The van der Waals surface area contributed by atoms with Crippen molar-refractivity contribution < 1.29 is 9.53 Å². The van der Waals surface area contributed by atoms with Crippen LogP contribution in [0, 0.1) is 0 Å². The maximum atomic E-state index is 12.2. The highest BCUT2D eigenvalue weighted by molar-refractivity contribution is 7.99. The summed E-state index contributed by atoms with van der Waals surface area (Å²) in [6, 6.07) is 15.1. The first-order valence-corrected chi connectivity index (χ1v) is 10.2. The van der Waals surface area contributed by atoms with Crippen LogP contribution in [-0.4, -0.2) is 33.5 Å². The highest BCUT2D eigenvalue weighted by Crippen LogP contribution is 2.25. The van der Waals surface area contributed by atoms with E-state index in [-0.39, 0.29) is 11.7 Å². The Morgan fingerprint density at radius 3 is 2.79 bits per heavy atom. The summed E-state index contributed by atoms with van der Waals surface area (Å²) in [7, 11) is 1.62. The number of carbonyl (C=O) groups excluding carboxylic acids is 1. The fraction of sp³-hybridized carbons (Fsp3) is 0.250. The molecule has 0 saturated carbocycles. The molecule has 1 amide bonds. The van der Waals surface area contributed by atoms with E-state index in [0.29, 0.717) is 23.3 Å². The summed E-state index contributed by atoms with van der Waals surface area (Å²) < 4.78 is 7.17. The van der Waals surface area contributed by atoms with E-state index < -0.39 is 0 Å². The van der Waals surface area contributed by atoms with E-state index in [1.165, 1.54) is 11.8 Å². The van der Waals surface area contributed by atoms with Crippen molar-refractivity contribution in [3.05, 3.63) is 59.1 Å². The molecule has 1 heterocycles. The van der Waals surface area contributed by atoms with Gasteiger partial charge in [0.05, 0.1) is 12.9 Å². The van der Waals surface area contributed by atoms with Gasteiger partial charge < -0.3 is 14.6 Å². The van der Waals surface area contributed by atoms with Crippen molar-refractivity contribution in [2.24, 2.45) is 0 Å². The summed E-state index contributed by atoms with van der Waals surface area (Å²) in [6.45, 7) is 3.16. The summed E-state index contributed by atoms with van der Waals surface area (Å²) in [5, 5.41) is 12.8. The van der Waals surface area contributed by atoms with Gasteiger partial charge in [-0.1, -0.05) is 47.6 Å². The Morgan fingerprint density at radius 1 is 1.21 bits per heavy atom. The molecule has 0 spiro atoms. The topological polar surface area (TPSA) is 69.0 Å². The van der Waals surface area contributed by atoms with Crippen molar-refractivity contribution in [1.82, 2.24) is 20.1 Å². The van der Waals surface area contributed by atoms with Crippen LogP contribution in [0.4, 0.5) is 0 Å². The molecule has 0 atom stereocenters. The average molecular weight is 417 g/mol. The minimum Gasteiger partial charge on any atom is -0.497 e. The van der Waals surface area contributed by atoms with Crippen molar-refractivity contribution >= 4 is 29.3 Å². The van der Waals surface area contributed by atoms with Crippen molar-refractivity contribution in [1.29, 1.82) is 0 Å². The predicted molar refractivity (Wildman–Crippen MR) is 112 cm³/mol. The van der Waals surface area contributed by atoms with E-state index >= 15 is 0 Å². The Hall–Kier alpha value is -2.51. The number of halogens is 1. The lowest BCUT2D eigenvalue weighted by Crippen LogP contribution is -2.24. The van der Waals surface area contributed by atoms with Gasteiger partial charge in [-0.25, -0.2) is 0 Å². The average Bonchev–Trinajstić information content (AvgIpc) is 3.14. The van der Waals surface area contributed by atoms with Crippen molar-refractivity contribution in [2.45, 2.75) is 25.2 Å². The third-order valence-electron chi connectivity index (χ3n) is 4.07. The van der Waals surface area contributed by atoms with Crippen molar-refractivity contribution in [3.8, 4) is 17.1 Å². The van der Waals surface area contributed by atoms with Crippen molar-refractivity contribution in [3.63, 3.8) is 0 Å². The zero-order valence-corrected chi connectivity index (χ0v) is 17.3. The molecule has 146 valence electrons. The number of benzene rings is 2. The minimum atomic E-state index is -0.0669. The summed E-state index contributed by atoms with van der Waals surface area (Å²) >= 11 is 7.44. The Morgan fingerprint density at radius 2 is 2.04 bits per heavy atom. The number of ether oxygens (including phenoxy) is 1. The molecule has 3 aromatic rings. The number of nitrogens with zero attached hydrogens (tertiary/aromatic N) is 3. The zero-order valence-electron chi connectivity index (χ0n) is 15.7. The SMILES string of the molecule is CCn1c(SCC(=O)NCc2cccc(OC)c2)nnc1-c1cccc(Cl)c1. The fourth-order valence-electron chi connectivity index (χ4n) is 2.69. The first kappa shape index (κ1) is 20.2. The Labute approximate surface area is 173 Å². The fourth-order valence-corrected chi connectivity index (χ4v) is 3.71. The van der Waals surface area contributed by atoms with Gasteiger partial charge in [-0.15, -0.1) is 10.2 Å². The number of thioether (sulfide) groups is 1. The van der Waals surface area contributed by atoms with E-state index in [0.717, 1.165) is 22.7 Å². The minimum absolute atomic E-state index is 0.0669. The summed E-state index contributed by atoms with van der Waals surface area (Å²) in [6.07, 6.45) is 0. The lowest BCUT2D eigenvalue weighted by atomic mass is 10.2. The summed E-state index contributed by atoms with van der Waals surface area (Å²) in [5.74, 6) is 1.70. The van der Waals surface area contributed by atoms with Gasteiger partial charge in [0.15, 0.2) is 11.0 Å². The third kappa shape index (κ3) is 5.05. The molecule has 0 bridgehead atoms. The van der Waals surface area contributed by atoms with E-state index in [9.17, 15) is 4.79 Å². The van der Waals surface area contributed by atoms with Crippen LogP contribution in [0.15, 0.2) is 53.7 Å². The number of nitrogens with one attached hydrogen (secondary N) is 1. The lowest BCUT2D eigenvalue weighted by molar-refractivity contribution is -0.118. The molecule has 0 saturated heterocycles. The van der Waals surface area contributed by atoms with Crippen LogP contribution in [0.5, 0.6) is 5.75 Å². The van der Waals surface area contributed by atoms with Gasteiger partial charge in [-0.3, -0.25) is 4.79 Å². The van der Waals surface area contributed by atoms with Crippen molar-refractivity contribution in [2.75, 3.05) is 12.9 Å². The Kier molecular flexibility index (Phi) is 6.95. The van der Waals surface area contributed by atoms with Crippen LogP contribution in [0.2, 0.25) is 5.02 Å². The molecule has 0 aliphatic rings. The molecule has 28 heavy (non-hydrogen) atoms. The first-order valence-electron chi connectivity index (χ1n) is 8.82. The van der Waals surface area contributed by atoms with E-state index in [4.69, 9.17) is 16.3 Å². The van der Waals surface area contributed by atoms with E-state index in [2.05, 4.69) is 15.5 Å². The molecule has 8 heteroatoms. The predicted octanol–water partition coefficient (Wildman–Crippen LogP) is 4.04. The quantitative estimate of drug-likeness (QED) is 0.561. The van der Waals surface area contributed by atoms with Gasteiger partial charge in [-0.2, -0.15) is 0 Å². The molecular weight excluding hydrogens is 396 g/mol. The normalized spacial score (nSPS) is 10.7. The molecule has 0 fully saturated rings. The zero-order chi connectivity index (χ0) is 19.9. The number of carbonyl (C=O) groups is 1. The molecular formula is C20H21ClN4O2S. The number of rotatable bonds is 8. The lowest BCUT2D eigenvalue weighted by Gasteiger charge is -2.08. The number of amides is 1. The Balaban J connectivity index is 1.60. The second-order valence-electron chi connectivity index (χ2n) is 5.98. The smallest absolute Gasteiger partial charge is 0.230 e. The van der Waals surface area contributed by atoms with Gasteiger partial charge in [0.2, 0.25) is 5.91 Å².